The quantitative estimate of drug-likeness (QED) is 0.640. The van der Waals surface area contributed by atoms with Gasteiger partial charge in [0.2, 0.25) is 0 Å². The predicted octanol–water partition coefficient (Wildman–Crippen LogP) is 0.272. The lowest BCUT2D eigenvalue weighted by atomic mass is 10.0. The molecule has 1 fully saturated rings. The van der Waals surface area contributed by atoms with Crippen molar-refractivity contribution in [3.63, 3.8) is 0 Å². The van der Waals surface area contributed by atoms with Gasteiger partial charge in [0.1, 0.15) is 6.04 Å². The normalized spacial score (nSPS) is 24.3. The molecule has 0 saturated carbocycles. The van der Waals surface area contributed by atoms with Gasteiger partial charge in [0.15, 0.2) is 0 Å². The fourth-order valence-electron chi connectivity index (χ4n) is 1.73. The molecule has 0 bridgehead atoms. The van der Waals surface area contributed by atoms with Gasteiger partial charge in [-0.1, -0.05) is 30.3 Å². The van der Waals surface area contributed by atoms with Gasteiger partial charge in [0.25, 0.3) is 0 Å². The Morgan fingerprint density at radius 3 is 2.75 bits per heavy atom. The first kappa shape index (κ1) is 11.1. The standard InChI is InChI=1S/C11H15N3O2/c1-2-16-11(15)10-9(12-14-13-10)8-6-4-3-5-7-8/h3-7,9-10,12-14H,2H2,1H3. The SMILES string of the molecule is CCOC(=O)C1NNNC1c1ccccc1. The summed E-state index contributed by atoms with van der Waals surface area (Å²) in [7, 11) is 0. The van der Waals surface area contributed by atoms with E-state index in [2.05, 4.69) is 16.4 Å². The number of carbonyl (C=O) groups excluding carboxylic acids is 1. The van der Waals surface area contributed by atoms with Crippen LogP contribution in [0.1, 0.15) is 18.5 Å². The van der Waals surface area contributed by atoms with E-state index < -0.39 is 6.04 Å². The van der Waals surface area contributed by atoms with Gasteiger partial charge in [0, 0.05) is 0 Å². The zero-order valence-corrected chi connectivity index (χ0v) is 9.07. The van der Waals surface area contributed by atoms with E-state index in [0.717, 1.165) is 5.56 Å². The maximum Gasteiger partial charge on any atom is 0.326 e. The van der Waals surface area contributed by atoms with Crippen LogP contribution in [0.2, 0.25) is 0 Å². The highest BCUT2D eigenvalue weighted by Crippen LogP contribution is 2.19. The molecule has 1 aromatic carbocycles. The van der Waals surface area contributed by atoms with Crippen LogP contribution in [0.5, 0.6) is 0 Å². The molecule has 5 heteroatoms. The number of nitrogens with one attached hydrogen (secondary N) is 3. The number of hydrogen-bond donors (Lipinski definition) is 3. The molecule has 2 unspecified atom stereocenters. The molecule has 2 atom stereocenters. The molecule has 1 aromatic rings. The zero-order valence-electron chi connectivity index (χ0n) is 9.07. The molecule has 16 heavy (non-hydrogen) atoms. The molecular formula is C11H15N3O2. The number of carbonyl (C=O) groups is 1. The van der Waals surface area contributed by atoms with Crippen molar-refractivity contribution in [3.8, 4) is 0 Å². The first-order valence-electron chi connectivity index (χ1n) is 5.30. The molecular weight excluding hydrogens is 206 g/mol. The molecule has 1 heterocycles. The summed E-state index contributed by atoms with van der Waals surface area (Å²) in [6, 6.07) is 9.26. The van der Waals surface area contributed by atoms with E-state index in [4.69, 9.17) is 4.74 Å². The zero-order chi connectivity index (χ0) is 11.4. The summed E-state index contributed by atoms with van der Waals surface area (Å²) in [5, 5.41) is 0. The number of rotatable bonds is 3. The van der Waals surface area contributed by atoms with E-state index in [1.165, 1.54) is 0 Å². The molecule has 0 amide bonds. The summed E-state index contributed by atoms with van der Waals surface area (Å²) >= 11 is 0. The highest BCUT2D eigenvalue weighted by Gasteiger charge is 2.34. The smallest absolute Gasteiger partial charge is 0.326 e. The molecule has 5 nitrogen and oxygen atoms in total. The van der Waals surface area contributed by atoms with Crippen LogP contribution in [-0.2, 0) is 9.53 Å². The lowest BCUT2D eigenvalue weighted by Crippen LogP contribution is -2.39. The Kier molecular flexibility index (Phi) is 3.51. The first-order chi connectivity index (χ1) is 7.83. The Labute approximate surface area is 94.1 Å². The Hall–Kier alpha value is -1.43. The fourth-order valence-corrected chi connectivity index (χ4v) is 1.73. The Morgan fingerprint density at radius 2 is 2.06 bits per heavy atom. The lowest BCUT2D eigenvalue weighted by molar-refractivity contribution is -0.145. The van der Waals surface area contributed by atoms with Crippen molar-refractivity contribution in [1.29, 1.82) is 0 Å². The molecule has 0 spiro atoms. The van der Waals surface area contributed by atoms with Crippen molar-refractivity contribution in [2.45, 2.75) is 19.0 Å². The summed E-state index contributed by atoms with van der Waals surface area (Å²) in [6.45, 7) is 2.18. The van der Waals surface area contributed by atoms with Gasteiger partial charge >= 0.3 is 5.97 Å². The van der Waals surface area contributed by atoms with Crippen LogP contribution in [0.4, 0.5) is 0 Å². The van der Waals surface area contributed by atoms with Crippen LogP contribution < -0.4 is 16.4 Å². The minimum Gasteiger partial charge on any atom is -0.465 e. The topological polar surface area (TPSA) is 62.4 Å². The summed E-state index contributed by atoms with van der Waals surface area (Å²) < 4.78 is 5.00. The second kappa shape index (κ2) is 5.07. The first-order valence-corrected chi connectivity index (χ1v) is 5.30. The lowest BCUT2D eigenvalue weighted by Gasteiger charge is -2.16. The van der Waals surface area contributed by atoms with Crippen molar-refractivity contribution in [3.05, 3.63) is 35.9 Å². The van der Waals surface area contributed by atoms with E-state index in [0.29, 0.717) is 6.61 Å². The number of hydrogen-bond acceptors (Lipinski definition) is 5. The summed E-state index contributed by atoms with van der Waals surface area (Å²) in [4.78, 5) is 11.7. The van der Waals surface area contributed by atoms with Crippen molar-refractivity contribution in [2.75, 3.05) is 6.61 Å². The Bertz CT molecular complexity index is 356. The van der Waals surface area contributed by atoms with Crippen molar-refractivity contribution >= 4 is 5.97 Å². The van der Waals surface area contributed by atoms with Gasteiger partial charge in [0.05, 0.1) is 12.6 Å². The van der Waals surface area contributed by atoms with Gasteiger partial charge < -0.3 is 4.74 Å². The summed E-state index contributed by atoms with van der Waals surface area (Å²) in [5.74, 6) is -0.256. The van der Waals surface area contributed by atoms with Crippen LogP contribution in [0.25, 0.3) is 0 Å². The summed E-state index contributed by atoms with van der Waals surface area (Å²) in [5.41, 5.74) is 9.65. The second-order valence-electron chi connectivity index (χ2n) is 3.53. The van der Waals surface area contributed by atoms with Crippen LogP contribution in [-0.4, -0.2) is 18.6 Å². The highest BCUT2D eigenvalue weighted by molar-refractivity contribution is 5.77. The highest BCUT2D eigenvalue weighted by atomic mass is 16.5. The average Bonchev–Trinajstić information content (AvgIpc) is 2.79. The molecule has 2 rings (SSSR count). The van der Waals surface area contributed by atoms with Gasteiger partial charge in [-0.05, 0) is 12.5 Å². The van der Waals surface area contributed by atoms with E-state index in [-0.39, 0.29) is 12.0 Å². The number of hydrazine groups is 2. The minimum absolute atomic E-state index is 0.111. The van der Waals surface area contributed by atoms with Gasteiger partial charge in [-0.25, -0.2) is 10.9 Å². The second-order valence-corrected chi connectivity index (χ2v) is 3.53. The molecule has 86 valence electrons. The third-order valence-corrected chi connectivity index (χ3v) is 2.49. The minimum atomic E-state index is -0.401. The van der Waals surface area contributed by atoms with Gasteiger partial charge in [-0.2, -0.15) is 5.53 Å². The monoisotopic (exact) mass is 221 g/mol. The maximum absolute atomic E-state index is 11.7. The van der Waals surface area contributed by atoms with Gasteiger partial charge in [-0.15, -0.1) is 0 Å². The third kappa shape index (κ3) is 2.21. The average molecular weight is 221 g/mol. The molecule has 1 saturated heterocycles. The Balaban J connectivity index is 2.12. The van der Waals surface area contributed by atoms with Crippen LogP contribution in [0.3, 0.4) is 0 Å². The van der Waals surface area contributed by atoms with Crippen LogP contribution in [0, 0.1) is 0 Å². The van der Waals surface area contributed by atoms with E-state index in [9.17, 15) is 4.79 Å². The molecule has 1 aliphatic rings. The fraction of sp³-hybridized carbons (Fsp3) is 0.364. The Morgan fingerprint density at radius 1 is 1.31 bits per heavy atom. The van der Waals surface area contributed by atoms with Crippen molar-refractivity contribution < 1.29 is 9.53 Å². The predicted molar refractivity (Wildman–Crippen MR) is 59.0 cm³/mol. The molecule has 1 aliphatic heterocycles. The van der Waals surface area contributed by atoms with Crippen LogP contribution >= 0.6 is 0 Å². The maximum atomic E-state index is 11.7. The van der Waals surface area contributed by atoms with E-state index in [1.807, 2.05) is 30.3 Å². The third-order valence-electron chi connectivity index (χ3n) is 2.49. The molecule has 3 N–H and O–H groups in total. The number of ether oxygens (including phenoxy) is 1. The largest absolute Gasteiger partial charge is 0.465 e. The number of esters is 1. The molecule has 0 aliphatic carbocycles. The van der Waals surface area contributed by atoms with Crippen molar-refractivity contribution in [2.24, 2.45) is 0 Å². The van der Waals surface area contributed by atoms with E-state index >= 15 is 0 Å². The number of benzene rings is 1. The van der Waals surface area contributed by atoms with E-state index in [1.54, 1.807) is 6.92 Å². The van der Waals surface area contributed by atoms with Crippen molar-refractivity contribution in [1.82, 2.24) is 16.4 Å². The molecule has 0 aromatic heterocycles. The summed E-state index contributed by atoms with van der Waals surface area (Å²) in [6.07, 6.45) is 0. The van der Waals surface area contributed by atoms with Gasteiger partial charge in [-0.3, -0.25) is 4.79 Å². The molecule has 0 radical (unpaired) electrons. The van der Waals surface area contributed by atoms with Crippen LogP contribution in [0.15, 0.2) is 30.3 Å².